The number of unbranched alkanes of at least 4 members (excludes halogenated alkanes) is 8. The maximum Gasteiger partial charge on any atom is 0.00387 e. The van der Waals surface area contributed by atoms with Gasteiger partial charge in [0.25, 0.3) is 0 Å². The van der Waals surface area contributed by atoms with E-state index in [1.165, 1.54) is 83.5 Å². The molecule has 0 heterocycles. The van der Waals surface area contributed by atoms with Gasteiger partial charge in [0.2, 0.25) is 0 Å². The minimum atomic E-state index is 0.442. The highest BCUT2D eigenvalue weighted by molar-refractivity contribution is 4.81. The fourth-order valence-corrected chi connectivity index (χ4v) is 2.46. The van der Waals surface area contributed by atoms with E-state index in [0.717, 1.165) is 0 Å². The van der Waals surface area contributed by atoms with Crippen LogP contribution in [0.25, 0.3) is 0 Å². The second kappa shape index (κ2) is 15.8. The summed E-state index contributed by atoms with van der Waals surface area (Å²) < 4.78 is 0. The Kier molecular flexibility index (Phi) is 15.5. The normalized spacial score (nSPS) is 13.2. The first kappa shape index (κ1) is 18.7. The second-order valence-electron chi connectivity index (χ2n) is 5.86. The number of nitrogens with two attached hydrogens (primary N) is 1. The molecule has 1 unspecified atom stereocenters. The van der Waals surface area contributed by atoms with Crippen LogP contribution in [0.5, 0.6) is 0 Å². The van der Waals surface area contributed by atoms with E-state index < -0.39 is 0 Å². The zero-order valence-corrected chi connectivity index (χ0v) is 13.5. The molecular weight excluding hydrogens is 230 g/mol. The molecule has 0 saturated carbocycles. The number of hydrogen-bond donors (Lipinski definition) is 1. The molecule has 0 aromatic heterocycles. The van der Waals surface area contributed by atoms with Gasteiger partial charge >= 0.3 is 0 Å². The van der Waals surface area contributed by atoms with Crippen LogP contribution in [0.15, 0.2) is 12.2 Å². The topological polar surface area (TPSA) is 26.0 Å². The molecule has 0 aromatic carbocycles. The maximum atomic E-state index is 6.00. The Hall–Kier alpha value is -0.300. The summed E-state index contributed by atoms with van der Waals surface area (Å²) in [4.78, 5) is 0. The first-order chi connectivity index (χ1) is 9.31. The highest BCUT2D eigenvalue weighted by Gasteiger charge is 1.99. The Morgan fingerprint density at radius 3 is 1.89 bits per heavy atom. The molecule has 1 nitrogen and oxygen atoms in total. The van der Waals surface area contributed by atoms with Crippen molar-refractivity contribution < 1.29 is 0 Å². The summed E-state index contributed by atoms with van der Waals surface area (Å²) in [5.74, 6) is 0. The van der Waals surface area contributed by atoms with Gasteiger partial charge in [-0.15, -0.1) is 0 Å². The van der Waals surface area contributed by atoms with Gasteiger partial charge in [-0.05, 0) is 38.5 Å². The van der Waals surface area contributed by atoms with Gasteiger partial charge < -0.3 is 5.73 Å². The van der Waals surface area contributed by atoms with Gasteiger partial charge in [-0.25, -0.2) is 0 Å². The Balaban J connectivity index is 3.13. The molecule has 0 amide bonds. The molecule has 0 aliphatic rings. The highest BCUT2D eigenvalue weighted by atomic mass is 14.6. The van der Waals surface area contributed by atoms with E-state index in [1.807, 2.05) is 0 Å². The molecular formula is C18H37N. The third-order valence-electron chi connectivity index (χ3n) is 3.75. The fourth-order valence-electron chi connectivity index (χ4n) is 2.46. The zero-order valence-electron chi connectivity index (χ0n) is 13.5. The molecule has 1 atom stereocenters. The third kappa shape index (κ3) is 15.6. The van der Waals surface area contributed by atoms with E-state index in [4.69, 9.17) is 5.73 Å². The van der Waals surface area contributed by atoms with E-state index in [1.54, 1.807) is 0 Å². The van der Waals surface area contributed by atoms with Crippen LogP contribution >= 0.6 is 0 Å². The molecule has 0 aliphatic carbocycles. The first-order valence-electron chi connectivity index (χ1n) is 8.71. The first-order valence-corrected chi connectivity index (χ1v) is 8.71. The summed E-state index contributed by atoms with van der Waals surface area (Å²) in [5.41, 5.74) is 6.00. The van der Waals surface area contributed by atoms with E-state index in [-0.39, 0.29) is 0 Å². The molecule has 0 bridgehead atoms. The minimum absolute atomic E-state index is 0.442. The number of rotatable bonds is 14. The SMILES string of the molecule is CCCCCCCC/C=C\CCCCC(N)CCC. The van der Waals surface area contributed by atoms with Gasteiger partial charge in [0.1, 0.15) is 0 Å². The van der Waals surface area contributed by atoms with Gasteiger partial charge in [0.15, 0.2) is 0 Å². The van der Waals surface area contributed by atoms with E-state index in [9.17, 15) is 0 Å². The minimum Gasteiger partial charge on any atom is -0.328 e. The predicted molar refractivity (Wildman–Crippen MR) is 88.5 cm³/mol. The van der Waals surface area contributed by atoms with E-state index in [0.29, 0.717) is 6.04 Å². The summed E-state index contributed by atoms with van der Waals surface area (Å²) in [6, 6.07) is 0.442. The van der Waals surface area contributed by atoms with Crippen LogP contribution in [-0.2, 0) is 0 Å². The van der Waals surface area contributed by atoms with Gasteiger partial charge in [-0.3, -0.25) is 0 Å². The third-order valence-corrected chi connectivity index (χ3v) is 3.75. The second-order valence-corrected chi connectivity index (χ2v) is 5.86. The van der Waals surface area contributed by atoms with Gasteiger partial charge in [0.05, 0.1) is 0 Å². The molecule has 114 valence electrons. The van der Waals surface area contributed by atoms with Crippen LogP contribution in [0, 0.1) is 0 Å². The lowest BCUT2D eigenvalue weighted by atomic mass is 10.0. The Labute approximate surface area is 122 Å². The summed E-state index contributed by atoms with van der Waals surface area (Å²) in [6.07, 6.45) is 21.9. The smallest absolute Gasteiger partial charge is 0.00387 e. The van der Waals surface area contributed by atoms with Crippen molar-refractivity contribution in [2.45, 2.75) is 103 Å². The van der Waals surface area contributed by atoms with Crippen molar-refractivity contribution in [3.05, 3.63) is 12.2 Å². The molecule has 0 radical (unpaired) electrons. The quantitative estimate of drug-likeness (QED) is 0.304. The lowest BCUT2D eigenvalue weighted by Gasteiger charge is -2.08. The van der Waals surface area contributed by atoms with E-state index in [2.05, 4.69) is 26.0 Å². The van der Waals surface area contributed by atoms with Crippen LogP contribution in [0.3, 0.4) is 0 Å². The summed E-state index contributed by atoms with van der Waals surface area (Å²) in [7, 11) is 0. The average molecular weight is 268 g/mol. The molecule has 0 spiro atoms. The monoisotopic (exact) mass is 267 g/mol. The van der Waals surface area contributed by atoms with Crippen LogP contribution in [0.1, 0.15) is 97.3 Å². The van der Waals surface area contributed by atoms with Crippen molar-refractivity contribution in [1.29, 1.82) is 0 Å². The lowest BCUT2D eigenvalue weighted by molar-refractivity contribution is 0.528. The largest absolute Gasteiger partial charge is 0.328 e. The Morgan fingerprint density at radius 2 is 1.26 bits per heavy atom. The predicted octanol–water partition coefficient (Wildman–Crippen LogP) is 5.98. The Bertz CT molecular complexity index is 186. The standard InChI is InChI=1S/C18H37N/c1-3-5-6-7-8-9-10-11-12-13-14-15-17-18(19)16-4-2/h11-12,18H,3-10,13-17,19H2,1-2H3/b12-11-. The number of hydrogen-bond acceptors (Lipinski definition) is 1. The zero-order chi connectivity index (χ0) is 14.2. The molecule has 0 aromatic rings. The van der Waals surface area contributed by atoms with Crippen molar-refractivity contribution in [3.63, 3.8) is 0 Å². The molecule has 0 saturated heterocycles. The average Bonchev–Trinajstić information content (AvgIpc) is 2.40. The van der Waals surface area contributed by atoms with Crippen LogP contribution in [0.4, 0.5) is 0 Å². The van der Waals surface area contributed by atoms with Crippen molar-refractivity contribution in [2.24, 2.45) is 5.73 Å². The van der Waals surface area contributed by atoms with Crippen molar-refractivity contribution >= 4 is 0 Å². The van der Waals surface area contributed by atoms with Gasteiger partial charge in [0, 0.05) is 6.04 Å². The van der Waals surface area contributed by atoms with Crippen molar-refractivity contribution in [2.75, 3.05) is 0 Å². The summed E-state index contributed by atoms with van der Waals surface area (Å²) in [5, 5.41) is 0. The number of allylic oxidation sites excluding steroid dienone is 2. The van der Waals surface area contributed by atoms with Crippen LogP contribution < -0.4 is 5.73 Å². The fraction of sp³-hybridized carbons (Fsp3) is 0.889. The Morgan fingerprint density at radius 1 is 0.684 bits per heavy atom. The molecule has 0 rings (SSSR count). The van der Waals surface area contributed by atoms with Gasteiger partial charge in [-0.1, -0.05) is 70.9 Å². The lowest BCUT2D eigenvalue weighted by Crippen LogP contribution is -2.18. The highest BCUT2D eigenvalue weighted by Crippen LogP contribution is 2.09. The van der Waals surface area contributed by atoms with E-state index >= 15 is 0 Å². The van der Waals surface area contributed by atoms with Crippen molar-refractivity contribution in [3.8, 4) is 0 Å². The van der Waals surface area contributed by atoms with Crippen LogP contribution in [-0.4, -0.2) is 6.04 Å². The summed E-state index contributed by atoms with van der Waals surface area (Å²) in [6.45, 7) is 4.49. The molecule has 2 N–H and O–H groups in total. The maximum absolute atomic E-state index is 6.00. The molecule has 0 fully saturated rings. The van der Waals surface area contributed by atoms with Crippen molar-refractivity contribution in [1.82, 2.24) is 0 Å². The molecule has 1 heteroatoms. The van der Waals surface area contributed by atoms with Gasteiger partial charge in [-0.2, -0.15) is 0 Å². The van der Waals surface area contributed by atoms with Crippen LogP contribution in [0.2, 0.25) is 0 Å². The molecule has 0 aliphatic heterocycles. The molecule has 19 heavy (non-hydrogen) atoms. The summed E-state index contributed by atoms with van der Waals surface area (Å²) >= 11 is 0.